The van der Waals surface area contributed by atoms with Crippen LogP contribution in [-0.2, 0) is 27.6 Å². The Morgan fingerprint density at radius 3 is 2.64 bits per heavy atom. The molecule has 0 atom stereocenters. The van der Waals surface area contributed by atoms with Gasteiger partial charge < -0.3 is 5.32 Å². The van der Waals surface area contributed by atoms with Gasteiger partial charge in [0.2, 0.25) is 5.91 Å². The first kappa shape index (κ1) is 16.7. The zero-order chi connectivity index (χ0) is 16.2. The molecule has 0 fully saturated rings. The van der Waals surface area contributed by atoms with Gasteiger partial charge >= 0.3 is 0 Å². The summed E-state index contributed by atoms with van der Waals surface area (Å²) in [4.78, 5) is 14.6. The Labute approximate surface area is 135 Å². The minimum atomic E-state index is -3.24. The third-order valence-electron chi connectivity index (χ3n) is 3.26. The highest BCUT2D eigenvalue weighted by Gasteiger charge is 2.12. The number of hydrogen-bond acceptors (Lipinski definition) is 4. The summed E-state index contributed by atoms with van der Waals surface area (Å²) >= 11 is 1.65. The molecular weight excluding hydrogens is 318 g/mol. The lowest BCUT2D eigenvalue weighted by Crippen LogP contribution is -2.24. The molecule has 0 bridgehead atoms. The lowest BCUT2D eigenvalue weighted by Gasteiger charge is -2.06. The molecular formula is C16H19NO3S2. The Hall–Kier alpha value is -1.66. The van der Waals surface area contributed by atoms with Crippen LogP contribution >= 0.6 is 11.3 Å². The van der Waals surface area contributed by atoms with Crippen molar-refractivity contribution in [2.75, 3.05) is 5.75 Å². The predicted octanol–water partition coefficient (Wildman–Crippen LogP) is 2.71. The Morgan fingerprint density at radius 1 is 1.23 bits per heavy atom. The molecule has 0 aliphatic rings. The van der Waals surface area contributed by atoms with Crippen molar-refractivity contribution in [2.45, 2.75) is 31.7 Å². The Morgan fingerprint density at radius 2 is 2.00 bits per heavy atom. The summed E-state index contributed by atoms with van der Waals surface area (Å²) in [7, 11) is -3.24. The maximum atomic E-state index is 12.0. The molecule has 2 rings (SSSR count). The van der Waals surface area contributed by atoms with E-state index in [0.29, 0.717) is 12.1 Å². The molecule has 0 spiro atoms. The highest BCUT2D eigenvalue weighted by molar-refractivity contribution is 7.91. The number of aryl methyl sites for hydroxylation is 1. The molecule has 6 heteroatoms. The second kappa shape index (κ2) is 7.07. The molecule has 1 N–H and O–H groups in total. The van der Waals surface area contributed by atoms with Crippen molar-refractivity contribution in [1.29, 1.82) is 0 Å². The van der Waals surface area contributed by atoms with Crippen LogP contribution in [0.3, 0.4) is 0 Å². The summed E-state index contributed by atoms with van der Waals surface area (Å²) < 4.78 is 23.7. The molecule has 0 radical (unpaired) electrons. The molecule has 1 aromatic carbocycles. The van der Waals surface area contributed by atoms with Gasteiger partial charge in [0.1, 0.15) is 0 Å². The molecule has 0 saturated carbocycles. The number of amides is 1. The summed E-state index contributed by atoms with van der Waals surface area (Å²) in [5, 5.41) is 2.85. The molecule has 4 nitrogen and oxygen atoms in total. The van der Waals surface area contributed by atoms with Gasteiger partial charge in [0.15, 0.2) is 9.84 Å². The van der Waals surface area contributed by atoms with Gasteiger partial charge in [0.05, 0.1) is 23.6 Å². The van der Waals surface area contributed by atoms with E-state index >= 15 is 0 Å². The fourth-order valence-corrected chi connectivity index (χ4v) is 3.81. The lowest BCUT2D eigenvalue weighted by molar-refractivity contribution is -0.120. The van der Waals surface area contributed by atoms with E-state index in [1.165, 1.54) is 4.88 Å². The van der Waals surface area contributed by atoms with Crippen molar-refractivity contribution in [2.24, 2.45) is 0 Å². The predicted molar refractivity (Wildman–Crippen MR) is 88.8 cm³/mol. The smallest absolute Gasteiger partial charge is 0.224 e. The third kappa shape index (κ3) is 4.42. The Bertz CT molecular complexity index is 763. The fourth-order valence-electron chi connectivity index (χ4n) is 2.03. The van der Waals surface area contributed by atoms with Gasteiger partial charge in [-0.15, -0.1) is 11.3 Å². The number of carbonyl (C=O) groups excluding carboxylic acids is 1. The van der Waals surface area contributed by atoms with E-state index in [9.17, 15) is 13.2 Å². The van der Waals surface area contributed by atoms with Crippen molar-refractivity contribution < 1.29 is 13.2 Å². The minimum Gasteiger partial charge on any atom is -0.351 e. The number of hydrogen-bond donors (Lipinski definition) is 1. The first-order valence-electron chi connectivity index (χ1n) is 7.04. The third-order valence-corrected chi connectivity index (χ3v) is 5.99. The number of carbonyl (C=O) groups is 1. The Balaban J connectivity index is 1.98. The molecule has 118 valence electrons. The largest absolute Gasteiger partial charge is 0.351 e. The van der Waals surface area contributed by atoms with Crippen LogP contribution in [0.15, 0.2) is 41.3 Å². The average molecular weight is 337 g/mol. The lowest BCUT2D eigenvalue weighted by atomic mass is 10.1. The van der Waals surface area contributed by atoms with E-state index in [-0.39, 0.29) is 23.0 Å². The maximum Gasteiger partial charge on any atom is 0.224 e. The quantitative estimate of drug-likeness (QED) is 0.881. The number of rotatable bonds is 6. The van der Waals surface area contributed by atoms with Crippen LogP contribution in [-0.4, -0.2) is 20.1 Å². The minimum absolute atomic E-state index is 0.0559. The SMILES string of the molecule is CCS(=O)(=O)c1cccc(CC(=O)NCc2ccc(C)s2)c1. The Kier molecular flexibility index (Phi) is 5.37. The van der Waals surface area contributed by atoms with Crippen LogP contribution in [0.25, 0.3) is 0 Å². The maximum absolute atomic E-state index is 12.0. The first-order chi connectivity index (χ1) is 10.4. The van der Waals surface area contributed by atoms with Crippen LogP contribution in [0, 0.1) is 6.92 Å². The van der Waals surface area contributed by atoms with Crippen LogP contribution in [0.5, 0.6) is 0 Å². The van der Waals surface area contributed by atoms with Crippen LogP contribution in [0.2, 0.25) is 0 Å². The van der Waals surface area contributed by atoms with Crippen LogP contribution < -0.4 is 5.32 Å². The van der Waals surface area contributed by atoms with E-state index in [4.69, 9.17) is 0 Å². The molecule has 22 heavy (non-hydrogen) atoms. The first-order valence-corrected chi connectivity index (χ1v) is 9.51. The number of thiophene rings is 1. The zero-order valence-corrected chi connectivity index (χ0v) is 14.3. The van der Waals surface area contributed by atoms with Crippen molar-refractivity contribution >= 4 is 27.1 Å². The highest BCUT2D eigenvalue weighted by atomic mass is 32.2. The summed E-state index contributed by atoms with van der Waals surface area (Å²) in [6.07, 6.45) is 0.178. The van der Waals surface area contributed by atoms with E-state index in [2.05, 4.69) is 5.32 Å². The topological polar surface area (TPSA) is 63.2 Å². The molecule has 1 heterocycles. The van der Waals surface area contributed by atoms with E-state index in [1.54, 1.807) is 42.5 Å². The van der Waals surface area contributed by atoms with Gasteiger partial charge in [-0.1, -0.05) is 19.1 Å². The van der Waals surface area contributed by atoms with E-state index in [0.717, 1.165) is 4.88 Å². The van der Waals surface area contributed by atoms with Crippen LogP contribution in [0.1, 0.15) is 22.2 Å². The van der Waals surface area contributed by atoms with Crippen molar-refractivity contribution in [3.8, 4) is 0 Å². The van der Waals surface area contributed by atoms with E-state index < -0.39 is 9.84 Å². The second-order valence-electron chi connectivity index (χ2n) is 5.02. The van der Waals surface area contributed by atoms with Crippen molar-refractivity contribution in [1.82, 2.24) is 5.32 Å². The standard InChI is InChI=1S/C16H19NO3S2/c1-3-22(19,20)15-6-4-5-13(9-15)10-16(18)17-11-14-8-7-12(2)21-14/h4-9H,3,10-11H2,1-2H3,(H,17,18). The molecule has 0 unspecified atom stereocenters. The second-order valence-corrected chi connectivity index (χ2v) is 8.67. The van der Waals surface area contributed by atoms with Crippen molar-refractivity contribution in [3.63, 3.8) is 0 Å². The van der Waals surface area contributed by atoms with Gasteiger partial charge in [0.25, 0.3) is 0 Å². The summed E-state index contributed by atoms with van der Waals surface area (Å²) in [5.41, 5.74) is 0.703. The highest BCUT2D eigenvalue weighted by Crippen LogP contribution is 2.15. The van der Waals surface area contributed by atoms with Crippen molar-refractivity contribution in [3.05, 3.63) is 51.7 Å². The summed E-state index contributed by atoms with van der Waals surface area (Å²) in [5.74, 6) is -0.0579. The number of benzene rings is 1. The molecule has 0 saturated heterocycles. The zero-order valence-electron chi connectivity index (χ0n) is 12.6. The molecule has 1 amide bonds. The normalized spacial score (nSPS) is 11.4. The number of nitrogens with one attached hydrogen (secondary N) is 1. The average Bonchev–Trinajstić information content (AvgIpc) is 2.91. The molecule has 0 aliphatic carbocycles. The van der Waals surface area contributed by atoms with Gasteiger partial charge in [-0.25, -0.2) is 8.42 Å². The summed E-state index contributed by atoms with van der Waals surface area (Å²) in [6.45, 7) is 4.14. The summed E-state index contributed by atoms with van der Waals surface area (Å²) in [6, 6.07) is 10.6. The molecule has 2 aromatic rings. The van der Waals surface area contributed by atoms with Gasteiger partial charge in [-0.05, 0) is 36.8 Å². The fraction of sp³-hybridized carbons (Fsp3) is 0.312. The van der Waals surface area contributed by atoms with Gasteiger partial charge in [-0.3, -0.25) is 4.79 Å². The number of sulfone groups is 1. The molecule has 0 aliphatic heterocycles. The van der Waals surface area contributed by atoms with Crippen LogP contribution in [0.4, 0.5) is 0 Å². The van der Waals surface area contributed by atoms with E-state index in [1.807, 2.05) is 19.1 Å². The van der Waals surface area contributed by atoms with Gasteiger partial charge in [0, 0.05) is 9.75 Å². The monoisotopic (exact) mass is 337 g/mol. The van der Waals surface area contributed by atoms with Gasteiger partial charge in [-0.2, -0.15) is 0 Å². The molecule has 1 aromatic heterocycles.